The van der Waals surface area contributed by atoms with Gasteiger partial charge in [0.2, 0.25) is 0 Å². The maximum atomic E-state index is 12.5. The van der Waals surface area contributed by atoms with Crippen LogP contribution in [0.5, 0.6) is 11.5 Å². The number of carbonyl (C=O) groups excluding carboxylic acids is 1. The standard InChI is InChI=1S/C20H24N2O5S/c1-3-4-9-21-10-11-22(20(21)24)16-5-7-19(8-6-16)28(25,26)27-18-13-15(2)12-17(23)14-18/h5-8,12-14,23H,3-4,9-11H2,1-2H3. The number of aryl methyl sites for hydroxylation is 1. The van der Waals surface area contributed by atoms with Gasteiger partial charge < -0.3 is 14.2 Å². The number of hydrogen-bond donors (Lipinski definition) is 1. The van der Waals surface area contributed by atoms with Crippen molar-refractivity contribution in [2.45, 2.75) is 31.6 Å². The number of unbranched alkanes of at least 4 members (excludes halogenated alkanes) is 1. The molecule has 150 valence electrons. The van der Waals surface area contributed by atoms with Crippen molar-refractivity contribution < 1.29 is 22.5 Å². The highest BCUT2D eigenvalue weighted by atomic mass is 32.2. The molecule has 28 heavy (non-hydrogen) atoms. The van der Waals surface area contributed by atoms with E-state index in [1.54, 1.807) is 24.0 Å². The predicted molar refractivity (Wildman–Crippen MR) is 106 cm³/mol. The van der Waals surface area contributed by atoms with Crippen molar-refractivity contribution in [3.63, 3.8) is 0 Å². The number of aromatic hydroxyl groups is 1. The summed E-state index contributed by atoms with van der Waals surface area (Å²) in [5.41, 5.74) is 1.33. The Morgan fingerprint density at radius 1 is 1.11 bits per heavy atom. The minimum atomic E-state index is -4.05. The lowest BCUT2D eigenvalue weighted by Crippen LogP contribution is -2.32. The van der Waals surface area contributed by atoms with Crippen LogP contribution in [0.2, 0.25) is 0 Å². The average Bonchev–Trinajstić information content (AvgIpc) is 2.99. The molecule has 0 aromatic heterocycles. The van der Waals surface area contributed by atoms with Crippen molar-refractivity contribution in [3.05, 3.63) is 48.0 Å². The summed E-state index contributed by atoms with van der Waals surface area (Å²) >= 11 is 0. The van der Waals surface area contributed by atoms with Crippen molar-refractivity contribution in [1.82, 2.24) is 4.90 Å². The van der Waals surface area contributed by atoms with Gasteiger partial charge in [0.05, 0.1) is 0 Å². The average molecular weight is 404 g/mol. The van der Waals surface area contributed by atoms with Crippen LogP contribution in [0, 0.1) is 6.92 Å². The molecule has 1 aliphatic heterocycles. The highest BCUT2D eigenvalue weighted by molar-refractivity contribution is 7.87. The minimum absolute atomic E-state index is 0.0215. The van der Waals surface area contributed by atoms with Gasteiger partial charge in [0.25, 0.3) is 0 Å². The normalized spacial score (nSPS) is 14.6. The Bertz CT molecular complexity index is 937. The van der Waals surface area contributed by atoms with E-state index in [1.807, 2.05) is 4.90 Å². The van der Waals surface area contributed by atoms with Gasteiger partial charge in [-0.3, -0.25) is 4.90 Å². The van der Waals surface area contributed by atoms with E-state index >= 15 is 0 Å². The number of carbonyl (C=O) groups is 1. The van der Waals surface area contributed by atoms with Crippen molar-refractivity contribution in [2.75, 3.05) is 24.5 Å². The highest BCUT2D eigenvalue weighted by Gasteiger charge is 2.29. The first-order valence-corrected chi connectivity index (χ1v) is 10.6. The number of amides is 2. The zero-order valence-electron chi connectivity index (χ0n) is 16.0. The molecular weight excluding hydrogens is 380 g/mol. The Morgan fingerprint density at radius 3 is 2.46 bits per heavy atom. The third kappa shape index (κ3) is 4.39. The number of benzene rings is 2. The second-order valence-electron chi connectivity index (χ2n) is 6.81. The largest absolute Gasteiger partial charge is 0.508 e. The predicted octanol–water partition coefficient (Wildman–Crippen LogP) is 3.51. The quantitative estimate of drug-likeness (QED) is 0.714. The van der Waals surface area contributed by atoms with E-state index in [0.29, 0.717) is 24.3 Å². The SMILES string of the molecule is CCCCN1CCN(c2ccc(S(=O)(=O)Oc3cc(C)cc(O)c3)cc2)C1=O. The van der Waals surface area contributed by atoms with Gasteiger partial charge in [-0.05, 0) is 55.3 Å². The number of nitrogens with zero attached hydrogens (tertiary/aromatic N) is 2. The zero-order chi connectivity index (χ0) is 20.3. The van der Waals surface area contributed by atoms with E-state index in [-0.39, 0.29) is 22.4 Å². The summed E-state index contributed by atoms with van der Waals surface area (Å²) in [6, 6.07) is 10.3. The minimum Gasteiger partial charge on any atom is -0.508 e. The Morgan fingerprint density at radius 2 is 1.82 bits per heavy atom. The summed E-state index contributed by atoms with van der Waals surface area (Å²) in [5.74, 6) is -0.0245. The molecule has 0 bridgehead atoms. The monoisotopic (exact) mass is 404 g/mol. The molecule has 1 aliphatic rings. The fourth-order valence-electron chi connectivity index (χ4n) is 3.12. The van der Waals surface area contributed by atoms with Gasteiger partial charge in [0.15, 0.2) is 0 Å². The molecule has 2 aromatic rings. The summed E-state index contributed by atoms with van der Waals surface area (Å²) in [5, 5.41) is 9.60. The summed E-state index contributed by atoms with van der Waals surface area (Å²) in [6.07, 6.45) is 1.98. The maximum Gasteiger partial charge on any atom is 0.339 e. The molecule has 0 aliphatic carbocycles. The van der Waals surface area contributed by atoms with Crippen molar-refractivity contribution in [1.29, 1.82) is 0 Å². The summed E-state index contributed by atoms with van der Waals surface area (Å²) in [7, 11) is -4.05. The van der Waals surface area contributed by atoms with Crippen LogP contribution < -0.4 is 9.08 Å². The van der Waals surface area contributed by atoms with Crippen molar-refractivity contribution in [3.8, 4) is 11.5 Å². The number of phenols is 1. The Balaban J connectivity index is 1.74. The number of urea groups is 1. The molecule has 1 fully saturated rings. The molecule has 0 saturated carbocycles. The van der Waals surface area contributed by atoms with Gasteiger partial charge in [0, 0.05) is 31.4 Å². The third-order valence-corrected chi connectivity index (χ3v) is 5.82. The first kappa shape index (κ1) is 20.0. The second-order valence-corrected chi connectivity index (χ2v) is 8.36. The van der Waals surface area contributed by atoms with Crippen LogP contribution >= 0.6 is 0 Å². The van der Waals surface area contributed by atoms with Crippen molar-refractivity contribution >= 4 is 21.8 Å². The fraction of sp³-hybridized carbons (Fsp3) is 0.350. The van der Waals surface area contributed by atoms with E-state index in [2.05, 4.69) is 6.92 Å². The molecule has 3 rings (SSSR count). The topological polar surface area (TPSA) is 87.2 Å². The van der Waals surface area contributed by atoms with E-state index in [0.717, 1.165) is 19.4 Å². The lowest BCUT2D eigenvalue weighted by molar-refractivity contribution is 0.220. The molecule has 0 spiro atoms. The molecule has 1 saturated heterocycles. The molecule has 2 amide bonds. The van der Waals surface area contributed by atoms with Crippen molar-refractivity contribution in [2.24, 2.45) is 0 Å². The fourth-order valence-corrected chi connectivity index (χ4v) is 4.04. The summed E-state index contributed by atoms with van der Waals surface area (Å²) in [4.78, 5) is 15.9. The Kier molecular flexibility index (Phi) is 5.79. The lowest BCUT2D eigenvalue weighted by atomic mass is 10.2. The molecule has 2 aromatic carbocycles. The van der Waals surface area contributed by atoms with Crippen LogP contribution in [0.1, 0.15) is 25.3 Å². The Labute approximate surface area is 165 Å². The Hall–Kier alpha value is -2.74. The van der Waals surface area contributed by atoms with Crippen LogP contribution in [0.15, 0.2) is 47.4 Å². The molecule has 7 nitrogen and oxygen atoms in total. The van der Waals surface area contributed by atoms with E-state index in [1.165, 1.54) is 30.3 Å². The van der Waals surface area contributed by atoms with Crippen LogP contribution in [0.25, 0.3) is 0 Å². The van der Waals surface area contributed by atoms with E-state index in [9.17, 15) is 18.3 Å². The van der Waals surface area contributed by atoms with Gasteiger partial charge in [-0.2, -0.15) is 8.42 Å². The number of rotatable bonds is 7. The summed E-state index contributed by atoms with van der Waals surface area (Å²) in [6.45, 7) is 5.78. The van der Waals surface area contributed by atoms with Gasteiger partial charge in [-0.1, -0.05) is 13.3 Å². The smallest absolute Gasteiger partial charge is 0.339 e. The number of hydrogen-bond acceptors (Lipinski definition) is 5. The van der Waals surface area contributed by atoms with Crippen LogP contribution in [-0.2, 0) is 10.1 Å². The third-order valence-electron chi connectivity index (χ3n) is 4.56. The second kappa shape index (κ2) is 8.10. The van der Waals surface area contributed by atoms with Crippen LogP contribution in [0.4, 0.5) is 10.5 Å². The number of anilines is 1. The first-order chi connectivity index (χ1) is 13.3. The zero-order valence-corrected chi connectivity index (χ0v) is 16.8. The van der Waals surface area contributed by atoms with Crippen LogP contribution in [-0.4, -0.2) is 44.1 Å². The molecular formula is C20H24N2O5S. The molecule has 0 atom stereocenters. The van der Waals surface area contributed by atoms with E-state index < -0.39 is 10.1 Å². The maximum absolute atomic E-state index is 12.5. The lowest BCUT2D eigenvalue weighted by Gasteiger charge is -2.18. The molecule has 1 N–H and O–H groups in total. The van der Waals surface area contributed by atoms with Gasteiger partial charge >= 0.3 is 16.1 Å². The van der Waals surface area contributed by atoms with Gasteiger partial charge in [-0.15, -0.1) is 0 Å². The molecule has 0 radical (unpaired) electrons. The van der Waals surface area contributed by atoms with E-state index in [4.69, 9.17) is 4.18 Å². The molecule has 0 unspecified atom stereocenters. The van der Waals surface area contributed by atoms with Crippen LogP contribution in [0.3, 0.4) is 0 Å². The van der Waals surface area contributed by atoms with Gasteiger partial charge in [0.1, 0.15) is 16.4 Å². The number of phenolic OH excluding ortho intramolecular Hbond substituents is 1. The summed E-state index contributed by atoms with van der Waals surface area (Å²) < 4.78 is 30.1. The highest BCUT2D eigenvalue weighted by Crippen LogP contribution is 2.27. The molecule has 8 heteroatoms. The van der Waals surface area contributed by atoms with Gasteiger partial charge in [-0.25, -0.2) is 4.79 Å². The molecule has 1 heterocycles. The first-order valence-electron chi connectivity index (χ1n) is 9.22.